The van der Waals surface area contributed by atoms with Crippen molar-refractivity contribution in [3.63, 3.8) is 0 Å². The van der Waals surface area contributed by atoms with Gasteiger partial charge in [0.15, 0.2) is 0 Å². The molecule has 1 aromatic heterocycles. The molecular formula is C17H22BrClN4O2. The number of rotatable bonds is 5. The molecule has 1 aliphatic heterocycles. The second-order valence-electron chi connectivity index (χ2n) is 5.88. The van der Waals surface area contributed by atoms with E-state index in [-0.39, 0.29) is 18.3 Å². The van der Waals surface area contributed by atoms with E-state index in [1.54, 1.807) is 18.0 Å². The Bertz CT molecular complexity index is 703. The van der Waals surface area contributed by atoms with Crippen molar-refractivity contribution in [2.45, 2.75) is 24.9 Å². The monoisotopic (exact) mass is 428 g/mol. The lowest BCUT2D eigenvalue weighted by molar-refractivity contribution is -0.132. The molecule has 0 spiro atoms. The molecule has 2 aromatic rings. The third kappa shape index (κ3) is 4.16. The Balaban J connectivity index is 0.00000225. The summed E-state index contributed by atoms with van der Waals surface area (Å²) in [5.74, 6) is 0.788. The number of amides is 1. The number of methoxy groups -OCH3 is 1. The molecule has 0 saturated carbocycles. The fourth-order valence-corrected chi connectivity index (χ4v) is 3.68. The van der Waals surface area contributed by atoms with E-state index in [9.17, 15) is 4.79 Å². The zero-order valence-electron chi connectivity index (χ0n) is 14.0. The highest BCUT2D eigenvalue weighted by atomic mass is 79.9. The summed E-state index contributed by atoms with van der Waals surface area (Å²) in [4.78, 5) is 13.0. The highest BCUT2D eigenvalue weighted by molar-refractivity contribution is 9.10. The van der Waals surface area contributed by atoms with Crippen LogP contribution < -0.4 is 15.4 Å². The Hall–Kier alpha value is -1.57. The van der Waals surface area contributed by atoms with Crippen LogP contribution in [0.1, 0.15) is 18.4 Å². The first kappa shape index (κ1) is 19.8. The van der Waals surface area contributed by atoms with Crippen molar-refractivity contribution in [2.75, 3.05) is 20.2 Å². The van der Waals surface area contributed by atoms with Gasteiger partial charge in [-0.3, -0.25) is 9.48 Å². The van der Waals surface area contributed by atoms with Gasteiger partial charge in [-0.05, 0) is 65.6 Å². The van der Waals surface area contributed by atoms with Crippen molar-refractivity contribution in [1.82, 2.24) is 20.4 Å². The van der Waals surface area contributed by atoms with Crippen LogP contribution in [0.5, 0.6) is 5.75 Å². The summed E-state index contributed by atoms with van der Waals surface area (Å²) in [5, 5.41) is 10.7. The molecule has 25 heavy (non-hydrogen) atoms. The van der Waals surface area contributed by atoms with E-state index in [2.05, 4.69) is 31.7 Å². The first-order valence-corrected chi connectivity index (χ1v) is 8.76. The maximum absolute atomic E-state index is 13.0. The minimum Gasteiger partial charge on any atom is -0.496 e. The van der Waals surface area contributed by atoms with Gasteiger partial charge < -0.3 is 15.4 Å². The minimum atomic E-state index is -0.613. The van der Waals surface area contributed by atoms with Crippen molar-refractivity contribution in [2.24, 2.45) is 0 Å². The third-order valence-corrected chi connectivity index (χ3v) is 5.09. The normalized spacial score (nSPS) is 15.9. The van der Waals surface area contributed by atoms with Crippen molar-refractivity contribution < 1.29 is 9.53 Å². The molecular weight excluding hydrogens is 408 g/mol. The van der Waals surface area contributed by atoms with Crippen molar-refractivity contribution >= 4 is 34.2 Å². The van der Waals surface area contributed by atoms with Crippen molar-refractivity contribution in [3.05, 3.63) is 46.7 Å². The fraction of sp³-hybridized carbons (Fsp3) is 0.412. The number of carbonyl (C=O) groups excluding carboxylic acids is 1. The number of piperidine rings is 1. The maximum Gasteiger partial charge on any atom is 0.248 e. The van der Waals surface area contributed by atoms with Crippen molar-refractivity contribution in [1.29, 1.82) is 0 Å². The average molecular weight is 430 g/mol. The van der Waals surface area contributed by atoms with Gasteiger partial charge in [-0.2, -0.15) is 5.10 Å². The van der Waals surface area contributed by atoms with Crippen LogP contribution in [-0.2, 0) is 16.9 Å². The van der Waals surface area contributed by atoms with Crippen LogP contribution in [-0.4, -0.2) is 35.9 Å². The van der Waals surface area contributed by atoms with E-state index in [1.165, 1.54) is 0 Å². The highest BCUT2D eigenvalue weighted by Crippen LogP contribution is 2.28. The largest absolute Gasteiger partial charge is 0.496 e. The van der Waals surface area contributed by atoms with Gasteiger partial charge in [0.2, 0.25) is 5.91 Å². The Labute approximate surface area is 161 Å². The first-order valence-electron chi connectivity index (χ1n) is 7.97. The summed E-state index contributed by atoms with van der Waals surface area (Å²) in [7, 11) is 1.63. The van der Waals surface area contributed by atoms with Gasteiger partial charge in [0.1, 0.15) is 11.3 Å². The van der Waals surface area contributed by atoms with Gasteiger partial charge in [0.05, 0.1) is 11.6 Å². The number of ether oxygens (including phenoxy) is 1. The topological polar surface area (TPSA) is 68.2 Å². The predicted molar refractivity (Wildman–Crippen MR) is 102 cm³/mol. The molecule has 0 atom stereocenters. The lowest BCUT2D eigenvalue weighted by Crippen LogP contribution is -2.54. The van der Waals surface area contributed by atoms with E-state index in [0.717, 1.165) is 41.7 Å². The molecule has 0 bridgehead atoms. The molecule has 0 unspecified atom stereocenters. The predicted octanol–water partition coefficient (Wildman–Crippen LogP) is 2.47. The molecule has 0 aliphatic carbocycles. The summed E-state index contributed by atoms with van der Waals surface area (Å²) >= 11 is 3.47. The minimum absolute atomic E-state index is 0. The Morgan fingerprint density at radius 3 is 2.80 bits per heavy atom. The Morgan fingerprint density at radius 1 is 1.44 bits per heavy atom. The molecule has 1 amide bonds. The van der Waals surface area contributed by atoms with E-state index < -0.39 is 5.54 Å². The van der Waals surface area contributed by atoms with Crippen LogP contribution in [0.25, 0.3) is 0 Å². The molecule has 2 heterocycles. The van der Waals surface area contributed by atoms with E-state index >= 15 is 0 Å². The lowest BCUT2D eigenvalue weighted by atomic mass is 9.87. The molecule has 136 valence electrons. The SMILES string of the molecule is COc1ccc(CNC(=O)C2(n3cccn3)CCNCC2)cc1Br.Cl. The van der Waals surface area contributed by atoms with Crippen molar-refractivity contribution in [3.8, 4) is 5.75 Å². The zero-order chi connectivity index (χ0) is 17.0. The standard InChI is InChI=1S/C17H21BrN4O2.ClH/c1-24-15-4-3-13(11-14(15)18)12-20-16(23)17(5-8-19-9-6-17)22-10-2-7-21-22;/h2-4,7,10-11,19H,5-6,8-9,12H2,1H3,(H,20,23);1H. The van der Waals surface area contributed by atoms with E-state index in [4.69, 9.17) is 4.74 Å². The Kier molecular flexibility index (Phi) is 6.87. The molecule has 1 aliphatic rings. The van der Waals surface area contributed by atoms with Gasteiger partial charge in [0, 0.05) is 18.9 Å². The van der Waals surface area contributed by atoms with E-state index in [0.29, 0.717) is 6.54 Å². The number of nitrogens with zero attached hydrogens (tertiary/aromatic N) is 2. The Morgan fingerprint density at radius 2 is 2.20 bits per heavy atom. The summed E-state index contributed by atoms with van der Waals surface area (Å²) in [6.45, 7) is 2.08. The van der Waals surface area contributed by atoms with Crippen LogP contribution in [0.2, 0.25) is 0 Å². The van der Waals surface area contributed by atoms with Gasteiger partial charge >= 0.3 is 0 Å². The van der Waals surface area contributed by atoms with Gasteiger partial charge in [-0.25, -0.2) is 0 Å². The summed E-state index contributed by atoms with van der Waals surface area (Å²) in [6, 6.07) is 7.66. The summed E-state index contributed by atoms with van der Waals surface area (Å²) < 4.78 is 7.91. The number of halogens is 2. The van der Waals surface area contributed by atoms with Gasteiger partial charge in [0.25, 0.3) is 0 Å². The smallest absolute Gasteiger partial charge is 0.248 e. The molecule has 0 radical (unpaired) electrons. The number of hydrogen-bond donors (Lipinski definition) is 2. The molecule has 1 saturated heterocycles. The first-order chi connectivity index (χ1) is 11.7. The van der Waals surface area contributed by atoms with E-state index in [1.807, 2.05) is 30.5 Å². The molecule has 3 rings (SSSR count). The quantitative estimate of drug-likeness (QED) is 0.766. The van der Waals surface area contributed by atoms with Crippen LogP contribution >= 0.6 is 28.3 Å². The van der Waals surface area contributed by atoms with Crippen LogP contribution in [0.4, 0.5) is 0 Å². The van der Waals surface area contributed by atoms with Crippen LogP contribution in [0, 0.1) is 0 Å². The number of carbonyl (C=O) groups is 1. The highest BCUT2D eigenvalue weighted by Gasteiger charge is 2.41. The zero-order valence-corrected chi connectivity index (χ0v) is 16.4. The lowest BCUT2D eigenvalue weighted by Gasteiger charge is -2.36. The summed E-state index contributed by atoms with van der Waals surface area (Å²) in [6.07, 6.45) is 5.05. The molecule has 1 fully saturated rings. The fourth-order valence-electron chi connectivity index (χ4n) is 3.09. The molecule has 6 nitrogen and oxygen atoms in total. The molecule has 1 aromatic carbocycles. The third-order valence-electron chi connectivity index (χ3n) is 4.47. The molecule has 2 N–H and O–H groups in total. The number of aromatic nitrogens is 2. The number of hydrogen-bond acceptors (Lipinski definition) is 4. The second-order valence-corrected chi connectivity index (χ2v) is 6.74. The summed E-state index contributed by atoms with van der Waals surface area (Å²) in [5.41, 5.74) is 0.402. The number of benzene rings is 1. The van der Waals surface area contributed by atoms with Crippen LogP contribution in [0.15, 0.2) is 41.1 Å². The van der Waals surface area contributed by atoms with Gasteiger partial charge in [-0.15, -0.1) is 12.4 Å². The average Bonchev–Trinajstić information content (AvgIpc) is 3.15. The van der Waals surface area contributed by atoms with Crippen LogP contribution in [0.3, 0.4) is 0 Å². The second kappa shape index (κ2) is 8.69. The maximum atomic E-state index is 13.0. The molecule has 8 heteroatoms. The number of nitrogens with one attached hydrogen (secondary N) is 2. The van der Waals surface area contributed by atoms with Gasteiger partial charge in [-0.1, -0.05) is 6.07 Å².